The number of rotatable bonds is 6. The number of hydrogen-bond acceptors (Lipinski definition) is 1. The molecule has 0 radical (unpaired) electrons. The van der Waals surface area contributed by atoms with Crippen LogP contribution >= 0.6 is 11.8 Å². The number of hydrogen-bond donors (Lipinski definition) is 0. The van der Waals surface area contributed by atoms with E-state index in [2.05, 4.69) is 128 Å². The Morgan fingerprint density at radius 2 is 1.14 bits per heavy atom. The molecule has 0 bridgehead atoms. The first kappa shape index (κ1) is 19.3. The molecule has 4 aromatic rings. The maximum Gasteiger partial charge on any atom is 0.0119 e. The van der Waals surface area contributed by atoms with E-state index in [1.54, 1.807) is 11.8 Å². The normalized spacial score (nSPS) is 11.6. The van der Waals surface area contributed by atoms with Gasteiger partial charge in [0.1, 0.15) is 0 Å². The second-order valence-electron chi connectivity index (χ2n) is 7.09. The Balaban J connectivity index is 1.63. The minimum Gasteiger partial charge on any atom is -0.0974 e. The molecule has 0 spiro atoms. The Kier molecular flexibility index (Phi) is 6.29. The van der Waals surface area contributed by atoms with Crippen LogP contribution in [0.3, 0.4) is 0 Å². The largest absolute Gasteiger partial charge is 0.0974 e. The van der Waals surface area contributed by atoms with Crippen LogP contribution in [0.25, 0.3) is 5.57 Å². The summed E-state index contributed by atoms with van der Waals surface area (Å²) >= 11 is 1.78. The summed E-state index contributed by atoms with van der Waals surface area (Å²) in [7, 11) is 0. The van der Waals surface area contributed by atoms with Gasteiger partial charge < -0.3 is 0 Å². The SMILES string of the molecule is CC(c1ccccc1)c1cccc(SC=C(c2ccccc2)c2ccccc2)c1. The van der Waals surface area contributed by atoms with E-state index in [4.69, 9.17) is 0 Å². The fourth-order valence-electron chi connectivity index (χ4n) is 3.46. The van der Waals surface area contributed by atoms with Crippen LogP contribution in [0.4, 0.5) is 0 Å². The van der Waals surface area contributed by atoms with Gasteiger partial charge in [0.2, 0.25) is 0 Å². The zero-order valence-corrected chi connectivity index (χ0v) is 17.3. The Morgan fingerprint density at radius 1 is 0.621 bits per heavy atom. The van der Waals surface area contributed by atoms with Gasteiger partial charge in [0.25, 0.3) is 0 Å². The molecule has 1 unspecified atom stereocenters. The first-order valence-electron chi connectivity index (χ1n) is 9.94. The second kappa shape index (κ2) is 9.45. The third kappa shape index (κ3) is 4.88. The smallest absolute Gasteiger partial charge is 0.0119 e. The lowest BCUT2D eigenvalue weighted by molar-refractivity contribution is 0.917. The van der Waals surface area contributed by atoms with Crippen molar-refractivity contribution in [1.82, 2.24) is 0 Å². The molecule has 0 aromatic heterocycles. The Hall–Kier alpha value is -3.03. The second-order valence-corrected chi connectivity index (χ2v) is 8.03. The van der Waals surface area contributed by atoms with Crippen LogP contribution in [-0.4, -0.2) is 0 Å². The van der Waals surface area contributed by atoms with Crippen molar-refractivity contribution in [2.45, 2.75) is 17.7 Å². The van der Waals surface area contributed by atoms with Crippen molar-refractivity contribution in [3.63, 3.8) is 0 Å². The molecule has 0 heterocycles. The molecular formula is C28H24S. The Morgan fingerprint density at radius 3 is 1.72 bits per heavy atom. The zero-order chi connectivity index (χ0) is 19.9. The highest BCUT2D eigenvalue weighted by molar-refractivity contribution is 8.02. The molecule has 29 heavy (non-hydrogen) atoms. The molecule has 0 amide bonds. The van der Waals surface area contributed by atoms with Crippen LogP contribution in [0.1, 0.15) is 35.1 Å². The van der Waals surface area contributed by atoms with Crippen molar-refractivity contribution in [2.24, 2.45) is 0 Å². The number of benzene rings is 4. The molecule has 0 saturated carbocycles. The molecule has 0 saturated heterocycles. The van der Waals surface area contributed by atoms with Crippen LogP contribution in [0.2, 0.25) is 0 Å². The fraction of sp³-hybridized carbons (Fsp3) is 0.0714. The quantitative estimate of drug-likeness (QED) is 0.299. The molecular weight excluding hydrogens is 368 g/mol. The fourth-order valence-corrected chi connectivity index (χ4v) is 4.34. The van der Waals surface area contributed by atoms with E-state index in [1.807, 2.05) is 0 Å². The molecule has 0 aliphatic rings. The average molecular weight is 393 g/mol. The van der Waals surface area contributed by atoms with Crippen LogP contribution < -0.4 is 0 Å². The standard InChI is InChI=1S/C28H24S/c1-22(23-12-5-2-6-13-23)26-18-11-19-27(20-26)29-21-28(24-14-7-3-8-15-24)25-16-9-4-10-17-25/h2-22H,1H3. The highest BCUT2D eigenvalue weighted by Crippen LogP contribution is 2.32. The van der Waals surface area contributed by atoms with E-state index in [0.29, 0.717) is 5.92 Å². The molecule has 0 aliphatic carbocycles. The van der Waals surface area contributed by atoms with Gasteiger partial charge in [0.15, 0.2) is 0 Å². The van der Waals surface area contributed by atoms with E-state index < -0.39 is 0 Å². The van der Waals surface area contributed by atoms with Crippen LogP contribution in [0, 0.1) is 0 Å². The third-order valence-corrected chi connectivity index (χ3v) is 6.02. The van der Waals surface area contributed by atoms with E-state index in [0.717, 1.165) is 0 Å². The molecule has 4 aromatic carbocycles. The summed E-state index contributed by atoms with van der Waals surface area (Å²) in [5.74, 6) is 0.378. The minimum atomic E-state index is 0.378. The molecule has 0 nitrogen and oxygen atoms in total. The summed E-state index contributed by atoms with van der Waals surface area (Å²) in [4.78, 5) is 1.26. The lowest BCUT2D eigenvalue weighted by Gasteiger charge is -2.13. The maximum absolute atomic E-state index is 2.31. The van der Waals surface area contributed by atoms with Gasteiger partial charge in [-0.2, -0.15) is 0 Å². The lowest BCUT2D eigenvalue weighted by atomic mass is 9.93. The predicted molar refractivity (Wildman–Crippen MR) is 126 cm³/mol. The van der Waals surface area contributed by atoms with E-state index in [-0.39, 0.29) is 0 Å². The molecule has 0 N–H and O–H groups in total. The summed E-state index contributed by atoms with van der Waals surface area (Å²) in [5.41, 5.74) is 6.41. The minimum absolute atomic E-state index is 0.378. The van der Waals surface area contributed by atoms with Gasteiger partial charge >= 0.3 is 0 Å². The number of thioether (sulfide) groups is 1. The Labute approximate surface area is 177 Å². The van der Waals surface area contributed by atoms with Gasteiger partial charge in [-0.05, 0) is 45.4 Å². The van der Waals surface area contributed by atoms with Crippen molar-refractivity contribution in [3.8, 4) is 0 Å². The van der Waals surface area contributed by atoms with Crippen molar-refractivity contribution < 1.29 is 0 Å². The van der Waals surface area contributed by atoms with Crippen LogP contribution in [0.15, 0.2) is 126 Å². The maximum atomic E-state index is 2.31. The van der Waals surface area contributed by atoms with Crippen molar-refractivity contribution in [1.29, 1.82) is 0 Å². The van der Waals surface area contributed by atoms with E-state index in [1.165, 1.54) is 32.7 Å². The topological polar surface area (TPSA) is 0 Å². The molecule has 4 rings (SSSR count). The van der Waals surface area contributed by atoms with E-state index >= 15 is 0 Å². The summed E-state index contributed by atoms with van der Waals surface area (Å²) in [6.07, 6.45) is 0. The zero-order valence-electron chi connectivity index (χ0n) is 16.5. The van der Waals surface area contributed by atoms with Gasteiger partial charge in [-0.1, -0.05) is 122 Å². The molecule has 1 heteroatoms. The lowest BCUT2D eigenvalue weighted by Crippen LogP contribution is -1.95. The summed E-state index contributed by atoms with van der Waals surface area (Å²) < 4.78 is 0. The van der Waals surface area contributed by atoms with Crippen LogP contribution in [-0.2, 0) is 0 Å². The molecule has 0 aliphatic heterocycles. The first-order chi connectivity index (χ1) is 14.3. The molecule has 0 fully saturated rings. The van der Waals surface area contributed by atoms with E-state index in [9.17, 15) is 0 Å². The van der Waals surface area contributed by atoms with Crippen molar-refractivity contribution >= 4 is 17.3 Å². The average Bonchev–Trinajstić information content (AvgIpc) is 2.81. The summed E-state index contributed by atoms with van der Waals surface area (Å²) in [5, 5.41) is 2.27. The highest BCUT2D eigenvalue weighted by Gasteiger charge is 2.09. The van der Waals surface area contributed by atoms with Gasteiger partial charge in [-0.3, -0.25) is 0 Å². The first-order valence-corrected chi connectivity index (χ1v) is 10.8. The van der Waals surface area contributed by atoms with Gasteiger partial charge in [0.05, 0.1) is 0 Å². The van der Waals surface area contributed by atoms with Gasteiger partial charge in [-0.25, -0.2) is 0 Å². The summed E-state index contributed by atoms with van der Waals surface area (Å²) in [6, 6.07) is 40.8. The van der Waals surface area contributed by atoms with Gasteiger partial charge in [-0.15, -0.1) is 0 Å². The molecule has 1 atom stereocenters. The highest BCUT2D eigenvalue weighted by atomic mass is 32.2. The summed E-state index contributed by atoms with van der Waals surface area (Å²) in [6.45, 7) is 2.27. The van der Waals surface area contributed by atoms with Gasteiger partial charge in [0, 0.05) is 10.8 Å². The van der Waals surface area contributed by atoms with Crippen molar-refractivity contribution in [2.75, 3.05) is 0 Å². The van der Waals surface area contributed by atoms with Crippen molar-refractivity contribution in [3.05, 3.63) is 143 Å². The monoisotopic (exact) mass is 392 g/mol. The Bertz CT molecular complexity index is 1030. The third-order valence-electron chi connectivity index (χ3n) is 5.14. The predicted octanol–water partition coefficient (Wildman–Crippen LogP) is 8.02. The van der Waals surface area contributed by atoms with Crippen LogP contribution in [0.5, 0.6) is 0 Å². The molecule has 142 valence electrons.